The highest BCUT2D eigenvalue weighted by Crippen LogP contribution is 2.42. The Morgan fingerprint density at radius 3 is 2.81 bits per heavy atom. The van der Waals surface area contributed by atoms with Gasteiger partial charge in [-0.15, -0.1) is 0 Å². The maximum absolute atomic E-state index is 12.6. The molecular weight excluding hydrogens is 326 g/mol. The van der Waals surface area contributed by atoms with Crippen molar-refractivity contribution >= 4 is 5.82 Å². The Hall–Kier alpha value is -2.65. The molecule has 3 atom stereocenters. The molecular formula is C20H23N5O. The summed E-state index contributed by atoms with van der Waals surface area (Å²) in [5.41, 5.74) is 1.67. The highest BCUT2D eigenvalue weighted by atomic mass is 16.1. The molecule has 6 nitrogen and oxygen atoms in total. The molecule has 1 saturated heterocycles. The minimum Gasteiger partial charge on any atom is -0.356 e. The van der Waals surface area contributed by atoms with Gasteiger partial charge >= 0.3 is 0 Å². The summed E-state index contributed by atoms with van der Waals surface area (Å²) in [6, 6.07) is 13.5. The highest BCUT2D eigenvalue weighted by molar-refractivity contribution is 5.43. The predicted octanol–water partition coefficient (Wildman–Crippen LogP) is 1.84. The van der Waals surface area contributed by atoms with Gasteiger partial charge in [-0.3, -0.25) is 4.79 Å². The van der Waals surface area contributed by atoms with E-state index in [-0.39, 0.29) is 11.6 Å². The Bertz CT molecular complexity index is 913. The number of anilines is 1. The Morgan fingerprint density at radius 1 is 1.23 bits per heavy atom. The van der Waals surface area contributed by atoms with Crippen molar-refractivity contribution in [3.63, 3.8) is 0 Å². The van der Waals surface area contributed by atoms with Gasteiger partial charge in [0.15, 0.2) is 0 Å². The van der Waals surface area contributed by atoms with E-state index < -0.39 is 0 Å². The van der Waals surface area contributed by atoms with E-state index in [4.69, 9.17) is 5.26 Å². The zero-order valence-corrected chi connectivity index (χ0v) is 15.2. The van der Waals surface area contributed by atoms with Crippen molar-refractivity contribution in [1.29, 1.82) is 5.26 Å². The molecule has 2 aliphatic heterocycles. The summed E-state index contributed by atoms with van der Waals surface area (Å²) in [7, 11) is 4.11. The maximum atomic E-state index is 12.6. The lowest BCUT2D eigenvalue weighted by Gasteiger charge is -2.48. The van der Waals surface area contributed by atoms with Crippen LogP contribution in [0, 0.1) is 17.2 Å². The second-order valence-corrected chi connectivity index (χ2v) is 7.58. The molecule has 4 heterocycles. The zero-order valence-electron chi connectivity index (χ0n) is 15.2. The van der Waals surface area contributed by atoms with E-state index in [9.17, 15) is 4.79 Å². The first-order valence-corrected chi connectivity index (χ1v) is 9.05. The highest BCUT2D eigenvalue weighted by Gasteiger charge is 2.40. The molecule has 2 aromatic rings. The topological polar surface area (TPSA) is 65.2 Å². The van der Waals surface area contributed by atoms with E-state index in [0.29, 0.717) is 17.5 Å². The SMILES string of the molecule is CN(C)C[C@H]1[C@H]2C[C@H](CN(c3cccc(C#N)n3)C2)c2cccc(=O)n21. The fourth-order valence-electron chi connectivity index (χ4n) is 4.50. The van der Waals surface area contributed by atoms with Crippen LogP contribution in [0.4, 0.5) is 5.82 Å². The lowest BCUT2D eigenvalue weighted by atomic mass is 9.78. The Morgan fingerprint density at radius 2 is 2.04 bits per heavy atom. The number of nitrogens with zero attached hydrogens (tertiary/aromatic N) is 5. The van der Waals surface area contributed by atoms with Gasteiger partial charge in [0.25, 0.3) is 5.56 Å². The third-order valence-corrected chi connectivity index (χ3v) is 5.52. The van der Waals surface area contributed by atoms with E-state index in [1.807, 2.05) is 22.8 Å². The fourth-order valence-corrected chi connectivity index (χ4v) is 4.50. The van der Waals surface area contributed by atoms with Crippen LogP contribution in [0.5, 0.6) is 0 Å². The van der Waals surface area contributed by atoms with Gasteiger partial charge < -0.3 is 14.4 Å². The smallest absolute Gasteiger partial charge is 0.251 e. The quantitative estimate of drug-likeness (QED) is 0.846. The van der Waals surface area contributed by atoms with Crippen LogP contribution in [0.1, 0.15) is 29.8 Å². The van der Waals surface area contributed by atoms with Crippen molar-refractivity contribution in [2.45, 2.75) is 18.4 Å². The first kappa shape index (κ1) is 16.8. The van der Waals surface area contributed by atoms with Crippen molar-refractivity contribution in [1.82, 2.24) is 14.5 Å². The largest absolute Gasteiger partial charge is 0.356 e. The summed E-state index contributed by atoms with van der Waals surface area (Å²) in [6.07, 6.45) is 1.09. The van der Waals surface area contributed by atoms with E-state index in [1.54, 1.807) is 12.1 Å². The molecule has 0 aromatic carbocycles. The van der Waals surface area contributed by atoms with Gasteiger partial charge in [-0.2, -0.15) is 5.26 Å². The number of hydrogen-bond donors (Lipinski definition) is 0. The number of pyridine rings is 2. The zero-order chi connectivity index (χ0) is 18.3. The molecule has 0 unspecified atom stereocenters. The van der Waals surface area contributed by atoms with Gasteiger partial charge in [-0.1, -0.05) is 12.1 Å². The summed E-state index contributed by atoms with van der Waals surface area (Å²) in [6.45, 7) is 2.53. The standard InChI is InChI=1S/C20H23N5O/c1-23(2)13-18-15-9-14(17-6-4-8-20(26)25(17)18)11-24(12-15)19-7-3-5-16(10-21)22-19/h3-8,14-15,18H,9,11-13H2,1-2H3/t14-,15+,18+/m1/s1. The van der Waals surface area contributed by atoms with Gasteiger partial charge in [0, 0.05) is 37.3 Å². The van der Waals surface area contributed by atoms with Crippen molar-refractivity contribution in [2.75, 3.05) is 38.6 Å². The molecule has 2 aromatic heterocycles. The van der Waals surface area contributed by atoms with Gasteiger partial charge in [-0.05, 0) is 44.6 Å². The van der Waals surface area contributed by atoms with Crippen molar-refractivity contribution < 1.29 is 0 Å². The molecule has 0 amide bonds. The number of hydrogen-bond acceptors (Lipinski definition) is 5. The molecule has 2 aliphatic rings. The summed E-state index contributed by atoms with van der Waals surface area (Å²) in [4.78, 5) is 21.5. The Balaban J connectivity index is 1.74. The normalized spacial score (nSPS) is 24.2. The van der Waals surface area contributed by atoms with Crippen LogP contribution in [0.2, 0.25) is 0 Å². The molecule has 2 bridgehead atoms. The number of aromatic nitrogens is 2. The summed E-state index contributed by atoms with van der Waals surface area (Å²) >= 11 is 0. The van der Waals surface area contributed by atoms with E-state index in [2.05, 4.69) is 41.0 Å². The molecule has 0 radical (unpaired) electrons. The molecule has 4 rings (SSSR count). The van der Waals surface area contributed by atoms with E-state index in [1.165, 1.54) is 0 Å². The minimum absolute atomic E-state index is 0.0992. The fraction of sp³-hybridized carbons (Fsp3) is 0.450. The molecule has 26 heavy (non-hydrogen) atoms. The number of nitriles is 1. The molecule has 1 fully saturated rings. The van der Waals surface area contributed by atoms with E-state index in [0.717, 1.165) is 37.6 Å². The average Bonchev–Trinajstić information content (AvgIpc) is 2.65. The summed E-state index contributed by atoms with van der Waals surface area (Å²) < 4.78 is 2.02. The number of rotatable bonds is 3. The first-order chi connectivity index (χ1) is 12.6. The van der Waals surface area contributed by atoms with Crippen LogP contribution < -0.4 is 10.5 Å². The lowest BCUT2D eigenvalue weighted by molar-refractivity contribution is 0.174. The van der Waals surface area contributed by atoms with Crippen molar-refractivity contribution in [3.8, 4) is 6.07 Å². The molecule has 0 N–H and O–H groups in total. The monoisotopic (exact) mass is 349 g/mol. The molecule has 0 aliphatic carbocycles. The number of likely N-dealkylation sites (N-methyl/N-ethyl adjacent to an activating group) is 1. The second-order valence-electron chi connectivity index (χ2n) is 7.58. The number of fused-ring (bicyclic) bond motifs is 4. The Kier molecular flexibility index (Phi) is 4.25. The Labute approximate surface area is 153 Å². The third kappa shape index (κ3) is 2.89. The second kappa shape index (κ2) is 6.58. The predicted molar refractivity (Wildman–Crippen MR) is 100 cm³/mol. The lowest BCUT2D eigenvalue weighted by Crippen LogP contribution is -2.51. The minimum atomic E-state index is 0.0992. The molecule has 0 spiro atoms. The van der Waals surface area contributed by atoms with Crippen LogP contribution >= 0.6 is 0 Å². The van der Waals surface area contributed by atoms with Crippen LogP contribution in [0.3, 0.4) is 0 Å². The van der Waals surface area contributed by atoms with Crippen molar-refractivity contribution in [2.24, 2.45) is 5.92 Å². The van der Waals surface area contributed by atoms with E-state index >= 15 is 0 Å². The van der Waals surface area contributed by atoms with Gasteiger partial charge in [0.2, 0.25) is 0 Å². The molecule has 134 valence electrons. The average molecular weight is 349 g/mol. The summed E-state index contributed by atoms with van der Waals surface area (Å²) in [5.74, 6) is 1.55. The van der Waals surface area contributed by atoms with Crippen LogP contribution in [-0.4, -0.2) is 48.2 Å². The van der Waals surface area contributed by atoms with Gasteiger partial charge in [-0.25, -0.2) is 4.98 Å². The number of piperidine rings is 1. The van der Waals surface area contributed by atoms with Crippen molar-refractivity contribution in [3.05, 3.63) is 58.1 Å². The molecule has 0 saturated carbocycles. The van der Waals surface area contributed by atoms with Gasteiger partial charge in [0.1, 0.15) is 17.6 Å². The van der Waals surface area contributed by atoms with Gasteiger partial charge in [0.05, 0.1) is 6.04 Å². The third-order valence-electron chi connectivity index (χ3n) is 5.52. The maximum Gasteiger partial charge on any atom is 0.251 e. The van der Waals surface area contributed by atoms with Crippen LogP contribution in [0.25, 0.3) is 0 Å². The van der Waals surface area contributed by atoms with Crippen LogP contribution in [-0.2, 0) is 0 Å². The summed E-state index contributed by atoms with van der Waals surface area (Å²) in [5, 5.41) is 9.15. The first-order valence-electron chi connectivity index (χ1n) is 9.05. The molecule has 6 heteroatoms. The van der Waals surface area contributed by atoms with Crippen LogP contribution in [0.15, 0.2) is 41.2 Å².